The molecule has 8 heteroatoms. The molecule has 1 aliphatic heterocycles. The van der Waals surface area contributed by atoms with Gasteiger partial charge in [-0.05, 0) is 25.7 Å². The molecule has 1 atom stereocenters. The summed E-state index contributed by atoms with van der Waals surface area (Å²) in [6, 6.07) is 1.60. The summed E-state index contributed by atoms with van der Waals surface area (Å²) in [4.78, 5) is 31.1. The van der Waals surface area contributed by atoms with Gasteiger partial charge < -0.3 is 10.2 Å². The first kappa shape index (κ1) is 16.6. The van der Waals surface area contributed by atoms with E-state index in [1.165, 1.54) is 11.3 Å². The maximum absolute atomic E-state index is 12.7. The van der Waals surface area contributed by atoms with Gasteiger partial charge in [0.25, 0.3) is 0 Å². The first-order chi connectivity index (χ1) is 11.7. The third kappa shape index (κ3) is 3.48. The minimum absolute atomic E-state index is 0.0995. The van der Waals surface area contributed by atoms with E-state index in [0.29, 0.717) is 18.9 Å². The zero-order chi connectivity index (χ0) is 16.9. The number of aromatic nitrogens is 3. The highest BCUT2D eigenvalue weighted by molar-refractivity contribution is 7.09. The molecule has 1 unspecified atom stereocenters. The molecule has 0 radical (unpaired) electrons. The molecular weight excluding hydrogens is 326 g/mol. The average molecular weight is 347 g/mol. The second-order valence-corrected chi connectivity index (χ2v) is 6.70. The number of hydrogen-bond acceptors (Lipinski definition) is 5. The zero-order valence-corrected chi connectivity index (χ0v) is 14.5. The first-order valence-corrected chi connectivity index (χ1v) is 9.11. The number of rotatable bonds is 4. The summed E-state index contributed by atoms with van der Waals surface area (Å²) in [5, 5.41) is 9.64. The van der Waals surface area contributed by atoms with Crippen LogP contribution in [0, 0.1) is 0 Å². The van der Waals surface area contributed by atoms with E-state index in [1.807, 2.05) is 12.3 Å². The fraction of sp³-hybridized carbons (Fsp3) is 0.500. The lowest BCUT2D eigenvalue weighted by atomic mass is 10.0. The zero-order valence-electron chi connectivity index (χ0n) is 13.6. The molecule has 1 N–H and O–H groups in total. The fourth-order valence-corrected chi connectivity index (χ4v) is 3.74. The van der Waals surface area contributed by atoms with E-state index in [1.54, 1.807) is 28.0 Å². The Balaban J connectivity index is 1.72. The number of likely N-dealkylation sites (tertiary alicyclic amines) is 1. The van der Waals surface area contributed by atoms with Gasteiger partial charge in [0.1, 0.15) is 10.8 Å². The maximum Gasteiger partial charge on any atom is 0.315 e. The number of nitrogens with zero attached hydrogens (tertiary/aromatic N) is 4. The quantitative estimate of drug-likeness (QED) is 0.862. The smallest absolute Gasteiger partial charge is 0.315 e. The van der Waals surface area contributed by atoms with Crippen molar-refractivity contribution in [3.8, 4) is 0 Å². The highest BCUT2D eigenvalue weighted by atomic mass is 32.1. The van der Waals surface area contributed by atoms with Gasteiger partial charge in [-0.25, -0.2) is 9.67 Å². The van der Waals surface area contributed by atoms with Crippen LogP contribution >= 0.6 is 11.3 Å². The number of carbonyl (C=O) groups is 2. The van der Waals surface area contributed by atoms with Crippen LogP contribution in [0.25, 0.3) is 0 Å². The van der Waals surface area contributed by atoms with Crippen molar-refractivity contribution in [2.45, 2.75) is 45.2 Å². The lowest BCUT2D eigenvalue weighted by Gasteiger charge is -2.33. The van der Waals surface area contributed by atoms with Crippen molar-refractivity contribution in [3.63, 3.8) is 0 Å². The molecule has 0 aromatic carbocycles. The molecule has 2 amide bonds. The van der Waals surface area contributed by atoms with Crippen molar-refractivity contribution in [1.82, 2.24) is 19.7 Å². The standard InChI is InChI=1S/C16H21N5O2S/c1-2-9-21-13(6-7-18-21)19-14(22)16(23)20-10-4-3-5-12(20)15-17-8-11-24-15/h6-8,11-12H,2-5,9-10H2,1H3,(H,19,22). The summed E-state index contributed by atoms with van der Waals surface area (Å²) < 4.78 is 1.69. The van der Waals surface area contributed by atoms with Crippen molar-refractivity contribution < 1.29 is 9.59 Å². The SMILES string of the molecule is CCCn1nccc1NC(=O)C(=O)N1CCCCC1c1nccs1. The first-order valence-electron chi connectivity index (χ1n) is 8.24. The van der Waals surface area contributed by atoms with Crippen LogP contribution in [-0.2, 0) is 16.1 Å². The van der Waals surface area contributed by atoms with E-state index >= 15 is 0 Å². The van der Waals surface area contributed by atoms with E-state index in [9.17, 15) is 9.59 Å². The predicted molar refractivity (Wildman–Crippen MR) is 91.6 cm³/mol. The molecule has 2 aromatic rings. The van der Waals surface area contributed by atoms with E-state index in [2.05, 4.69) is 15.4 Å². The number of aryl methyl sites for hydroxylation is 1. The Morgan fingerprint density at radius 2 is 2.25 bits per heavy atom. The summed E-state index contributed by atoms with van der Waals surface area (Å²) in [6.07, 6.45) is 7.06. The number of carbonyl (C=O) groups excluding carboxylic acids is 2. The summed E-state index contributed by atoms with van der Waals surface area (Å²) in [7, 11) is 0. The monoisotopic (exact) mass is 347 g/mol. The van der Waals surface area contributed by atoms with Gasteiger partial charge in [-0.3, -0.25) is 9.59 Å². The second kappa shape index (κ2) is 7.57. The maximum atomic E-state index is 12.7. The Bertz CT molecular complexity index is 697. The Morgan fingerprint density at radius 1 is 1.38 bits per heavy atom. The van der Waals surface area contributed by atoms with Gasteiger partial charge in [0.15, 0.2) is 0 Å². The van der Waals surface area contributed by atoms with E-state index in [4.69, 9.17) is 0 Å². The lowest BCUT2D eigenvalue weighted by molar-refractivity contribution is -0.145. The molecule has 0 spiro atoms. The molecule has 0 bridgehead atoms. The van der Waals surface area contributed by atoms with E-state index in [0.717, 1.165) is 30.7 Å². The van der Waals surface area contributed by atoms with Crippen LogP contribution in [0.1, 0.15) is 43.7 Å². The van der Waals surface area contributed by atoms with E-state index < -0.39 is 11.8 Å². The van der Waals surface area contributed by atoms with Crippen LogP contribution in [-0.4, -0.2) is 38.0 Å². The Kier molecular flexibility index (Phi) is 5.24. The molecule has 1 saturated heterocycles. The Labute approximate surface area is 144 Å². The molecule has 1 fully saturated rings. The number of amides is 2. The normalized spacial score (nSPS) is 17.7. The van der Waals surface area contributed by atoms with Gasteiger partial charge in [0.2, 0.25) is 0 Å². The number of anilines is 1. The number of nitrogens with one attached hydrogen (secondary N) is 1. The molecule has 2 aromatic heterocycles. The fourth-order valence-electron chi connectivity index (χ4n) is 2.96. The second-order valence-electron chi connectivity index (χ2n) is 5.77. The van der Waals surface area contributed by atoms with Gasteiger partial charge in [-0.1, -0.05) is 6.92 Å². The highest BCUT2D eigenvalue weighted by Crippen LogP contribution is 2.32. The molecule has 7 nitrogen and oxygen atoms in total. The van der Waals surface area contributed by atoms with Gasteiger partial charge in [-0.2, -0.15) is 5.10 Å². The molecule has 0 aliphatic carbocycles. The van der Waals surface area contributed by atoms with Crippen molar-refractivity contribution in [1.29, 1.82) is 0 Å². The minimum atomic E-state index is -0.615. The van der Waals surface area contributed by atoms with Crippen LogP contribution in [0.5, 0.6) is 0 Å². The van der Waals surface area contributed by atoms with E-state index in [-0.39, 0.29) is 6.04 Å². The van der Waals surface area contributed by atoms with Crippen LogP contribution in [0.15, 0.2) is 23.8 Å². The van der Waals surface area contributed by atoms with Crippen LogP contribution in [0.4, 0.5) is 5.82 Å². The van der Waals surface area contributed by atoms with Gasteiger partial charge in [-0.15, -0.1) is 11.3 Å². The molecule has 128 valence electrons. The van der Waals surface area contributed by atoms with Gasteiger partial charge in [0, 0.05) is 30.7 Å². The number of thiazole rings is 1. The summed E-state index contributed by atoms with van der Waals surface area (Å²) in [5.41, 5.74) is 0. The molecule has 3 rings (SSSR count). The third-order valence-electron chi connectivity index (χ3n) is 4.09. The van der Waals surface area contributed by atoms with Crippen molar-refractivity contribution >= 4 is 29.0 Å². The van der Waals surface area contributed by atoms with Crippen LogP contribution < -0.4 is 5.32 Å². The van der Waals surface area contributed by atoms with Crippen molar-refractivity contribution in [3.05, 3.63) is 28.8 Å². The van der Waals surface area contributed by atoms with Crippen LogP contribution in [0.2, 0.25) is 0 Å². The summed E-state index contributed by atoms with van der Waals surface area (Å²) in [5.74, 6) is -0.562. The van der Waals surface area contributed by atoms with Gasteiger partial charge in [0.05, 0.1) is 12.2 Å². The summed E-state index contributed by atoms with van der Waals surface area (Å²) in [6.45, 7) is 3.32. The predicted octanol–water partition coefficient (Wildman–Crippen LogP) is 2.44. The van der Waals surface area contributed by atoms with Gasteiger partial charge >= 0.3 is 11.8 Å². The lowest BCUT2D eigenvalue weighted by Crippen LogP contribution is -2.44. The Hall–Kier alpha value is -2.22. The average Bonchev–Trinajstić information content (AvgIpc) is 3.27. The Morgan fingerprint density at radius 3 is 3.00 bits per heavy atom. The highest BCUT2D eigenvalue weighted by Gasteiger charge is 2.33. The van der Waals surface area contributed by atoms with Crippen molar-refractivity contribution in [2.75, 3.05) is 11.9 Å². The summed E-state index contributed by atoms with van der Waals surface area (Å²) >= 11 is 1.53. The number of piperidine rings is 1. The molecule has 0 saturated carbocycles. The minimum Gasteiger partial charge on any atom is -0.325 e. The third-order valence-corrected chi connectivity index (χ3v) is 4.96. The van der Waals surface area contributed by atoms with Crippen LogP contribution in [0.3, 0.4) is 0 Å². The largest absolute Gasteiger partial charge is 0.325 e. The topological polar surface area (TPSA) is 80.1 Å². The molecule has 24 heavy (non-hydrogen) atoms. The molecule has 3 heterocycles. The molecular formula is C16H21N5O2S. The molecule has 1 aliphatic rings. The number of hydrogen-bond donors (Lipinski definition) is 1. The van der Waals surface area contributed by atoms with Crippen molar-refractivity contribution in [2.24, 2.45) is 0 Å².